The number of nitrogens with zero attached hydrogens (tertiary/aromatic N) is 3. The van der Waals surface area contributed by atoms with Gasteiger partial charge in [0.2, 0.25) is 16.4 Å². The zero-order valence-corrected chi connectivity index (χ0v) is 15.2. The van der Waals surface area contributed by atoms with Crippen LogP contribution in [-0.4, -0.2) is 75.6 Å². The summed E-state index contributed by atoms with van der Waals surface area (Å²) in [5.74, 6) is 0.00533. The van der Waals surface area contributed by atoms with Crippen LogP contribution in [0.3, 0.4) is 0 Å². The monoisotopic (exact) mass is 387 g/mol. The van der Waals surface area contributed by atoms with Crippen molar-refractivity contribution in [3.05, 3.63) is 23.2 Å². The van der Waals surface area contributed by atoms with Gasteiger partial charge in [-0.25, -0.2) is 8.42 Å². The maximum Gasteiger partial charge on any atom is 0.265 e. The maximum atomic E-state index is 12.7. The van der Waals surface area contributed by atoms with Gasteiger partial charge in [0.25, 0.3) is 5.91 Å². The molecule has 25 heavy (non-hydrogen) atoms. The summed E-state index contributed by atoms with van der Waals surface area (Å²) in [6, 6.07) is 4.64. The summed E-state index contributed by atoms with van der Waals surface area (Å²) in [5.41, 5.74) is 0.324. The highest BCUT2D eigenvalue weighted by atomic mass is 35.5. The van der Waals surface area contributed by atoms with Crippen LogP contribution in [0.15, 0.2) is 18.2 Å². The van der Waals surface area contributed by atoms with Gasteiger partial charge in [0.1, 0.15) is 5.75 Å². The van der Waals surface area contributed by atoms with Crippen molar-refractivity contribution >= 4 is 39.6 Å². The van der Waals surface area contributed by atoms with Crippen molar-refractivity contribution in [2.75, 3.05) is 43.3 Å². The van der Waals surface area contributed by atoms with E-state index in [-0.39, 0.29) is 12.5 Å². The molecule has 0 bridgehead atoms. The fourth-order valence-electron chi connectivity index (χ4n) is 2.92. The second-order valence-electron chi connectivity index (χ2n) is 5.98. The first kappa shape index (κ1) is 17.8. The van der Waals surface area contributed by atoms with E-state index in [4.69, 9.17) is 16.3 Å². The third-order valence-corrected chi connectivity index (χ3v) is 5.62. The number of hydrogen-bond donors (Lipinski definition) is 0. The van der Waals surface area contributed by atoms with Crippen LogP contribution in [0.25, 0.3) is 0 Å². The molecule has 1 saturated heterocycles. The van der Waals surface area contributed by atoms with E-state index in [1.807, 2.05) is 0 Å². The van der Waals surface area contributed by atoms with Gasteiger partial charge in [-0.3, -0.25) is 13.9 Å². The molecule has 3 rings (SSSR count). The van der Waals surface area contributed by atoms with Gasteiger partial charge in [-0.05, 0) is 18.2 Å². The molecule has 1 aromatic rings. The van der Waals surface area contributed by atoms with E-state index < -0.39 is 16.1 Å². The van der Waals surface area contributed by atoms with Crippen LogP contribution < -0.4 is 9.04 Å². The number of fused-ring (bicyclic) bond motifs is 1. The van der Waals surface area contributed by atoms with Gasteiger partial charge in [0.15, 0.2) is 6.10 Å². The number of halogens is 1. The van der Waals surface area contributed by atoms with E-state index in [1.54, 1.807) is 21.9 Å². The molecule has 0 radical (unpaired) electrons. The number of amides is 2. The molecule has 8 nitrogen and oxygen atoms in total. The number of piperazine rings is 1. The molecule has 1 atom stereocenters. The first-order valence-corrected chi connectivity index (χ1v) is 9.94. The minimum Gasteiger partial charge on any atom is -0.476 e. The molecular formula is C15H18ClN3O5S. The lowest BCUT2D eigenvalue weighted by Crippen LogP contribution is -2.56. The number of benzene rings is 1. The Bertz CT molecular complexity index is 792. The minimum absolute atomic E-state index is 0.112. The zero-order valence-electron chi connectivity index (χ0n) is 13.6. The van der Waals surface area contributed by atoms with Crippen LogP contribution in [0.2, 0.25) is 5.02 Å². The Labute approximate surface area is 150 Å². The van der Waals surface area contributed by atoms with E-state index in [0.717, 1.165) is 17.0 Å². The van der Waals surface area contributed by atoms with Gasteiger partial charge in [-0.2, -0.15) is 0 Å². The largest absolute Gasteiger partial charge is 0.476 e. The second-order valence-corrected chi connectivity index (χ2v) is 8.32. The lowest BCUT2D eigenvalue weighted by Gasteiger charge is -2.38. The normalized spacial score (nSPS) is 20.7. The predicted molar refractivity (Wildman–Crippen MR) is 92.3 cm³/mol. The van der Waals surface area contributed by atoms with E-state index in [9.17, 15) is 18.0 Å². The van der Waals surface area contributed by atoms with E-state index in [0.29, 0.717) is 42.6 Å². The van der Waals surface area contributed by atoms with Gasteiger partial charge >= 0.3 is 0 Å². The Hall–Kier alpha value is -2.00. The molecular weight excluding hydrogens is 370 g/mol. The lowest BCUT2D eigenvalue weighted by molar-refractivity contribution is -0.141. The molecule has 2 aliphatic heterocycles. The first-order valence-electron chi connectivity index (χ1n) is 7.71. The Morgan fingerprint density at radius 2 is 1.96 bits per heavy atom. The highest BCUT2D eigenvalue weighted by molar-refractivity contribution is 7.92. The molecule has 0 aromatic heterocycles. The average Bonchev–Trinajstić information content (AvgIpc) is 2.59. The van der Waals surface area contributed by atoms with E-state index >= 15 is 0 Å². The van der Waals surface area contributed by atoms with Crippen molar-refractivity contribution in [1.82, 2.24) is 9.80 Å². The second kappa shape index (κ2) is 6.72. The van der Waals surface area contributed by atoms with Crippen LogP contribution in [-0.2, 0) is 19.6 Å². The number of rotatable bonds is 3. The van der Waals surface area contributed by atoms with Crippen molar-refractivity contribution in [1.29, 1.82) is 0 Å². The fraction of sp³-hybridized carbons (Fsp3) is 0.467. The molecule has 0 spiro atoms. The highest BCUT2D eigenvalue weighted by Gasteiger charge is 2.37. The third kappa shape index (κ3) is 3.67. The summed E-state index contributed by atoms with van der Waals surface area (Å²) in [4.78, 5) is 26.7. The van der Waals surface area contributed by atoms with Gasteiger partial charge < -0.3 is 14.5 Å². The molecule has 2 aliphatic rings. The quantitative estimate of drug-likeness (QED) is 0.690. The SMILES string of the molecule is CS(=O)(=O)N1C[C@H](C(=O)N2CCN(C=O)CC2)Oc2ccc(Cl)cc21. The standard InChI is InChI=1S/C15H18ClN3O5S/c1-25(22,23)19-9-14(24-13-3-2-11(16)8-12(13)19)15(21)18-6-4-17(10-20)5-7-18/h2-3,8,10,14H,4-7,9H2,1H3/t14-/m1/s1. The van der Waals surface area contributed by atoms with Gasteiger partial charge in [-0.15, -0.1) is 0 Å². The van der Waals surface area contributed by atoms with Crippen LogP contribution in [0, 0.1) is 0 Å². The van der Waals surface area contributed by atoms with Crippen LogP contribution >= 0.6 is 11.6 Å². The predicted octanol–water partition coefficient (Wildman–Crippen LogP) is 0.168. The summed E-state index contributed by atoms with van der Waals surface area (Å²) < 4.78 is 31.2. The smallest absolute Gasteiger partial charge is 0.265 e. The molecule has 2 heterocycles. The summed E-state index contributed by atoms with van der Waals surface area (Å²) in [5, 5.41) is 0.380. The Morgan fingerprint density at radius 3 is 2.56 bits per heavy atom. The number of anilines is 1. The third-order valence-electron chi connectivity index (χ3n) is 4.24. The molecule has 0 N–H and O–H groups in total. The maximum absolute atomic E-state index is 12.7. The molecule has 2 amide bonds. The number of sulfonamides is 1. The Morgan fingerprint density at radius 1 is 1.28 bits per heavy atom. The molecule has 0 saturated carbocycles. The number of ether oxygens (including phenoxy) is 1. The topological polar surface area (TPSA) is 87.2 Å². The zero-order chi connectivity index (χ0) is 18.2. The van der Waals surface area contributed by atoms with E-state index in [1.165, 1.54) is 6.07 Å². The summed E-state index contributed by atoms with van der Waals surface area (Å²) in [7, 11) is -3.60. The lowest BCUT2D eigenvalue weighted by atomic mass is 10.2. The highest BCUT2D eigenvalue weighted by Crippen LogP contribution is 2.37. The van der Waals surface area contributed by atoms with Gasteiger partial charge in [0, 0.05) is 31.2 Å². The van der Waals surface area contributed by atoms with Gasteiger partial charge in [0.05, 0.1) is 18.5 Å². The van der Waals surface area contributed by atoms with E-state index in [2.05, 4.69) is 0 Å². The molecule has 136 valence electrons. The minimum atomic E-state index is -3.60. The molecule has 10 heteroatoms. The van der Waals surface area contributed by atoms with Crippen molar-refractivity contribution in [2.45, 2.75) is 6.10 Å². The van der Waals surface area contributed by atoms with Crippen LogP contribution in [0.4, 0.5) is 5.69 Å². The molecule has 0 unspecified atom stereocenters. The number of carbonyl (C=O) groups excluding carboxylic acids is 2. The van der Waals surface area contributed by atoms with Crippen molar-refractivity contribution < 1.29 is 22.7 Å². The number of hydrogen-bond acceptors (Lipinski definition) is 5. The average molecular weight is 388 g/mol. The number of carbonyl (C=O) groups is 2. The first-order chi connectivity index (χ1) is 11.8. The summed E-state index contributed by atoms with van der Waals surface area (Å²) in [6.07, 6.45) is 0.892. The Balaban J connectivity index is 1.83. The molecule has 0 aliphatic carbocycles. The molecule has 1 aromatic carbocycles. The van der Waals surface area contributed by atoms with Crippen molar-refractivity contribution in [3.8, 4) is 5.75 Å². The van der Waals surface area contributed by atoms with Crippen LogP contribution in [0.5, 0.6) is 5.75 Å². The Kier molecular flexibility index (Phi) is 4.79. The molecule has 1 fully saturated rings. The van der Waals surface area contributed by atoms with Crippen molar-refractivity contribution in [3.63, 3.8) is 0 Å². The fourth-order valence-corrected chi connectivity index (χ4v) is 3.99. The summed E-state index contributed by atoms with van der Waals surface area (Å²) >= 11 is 5.95. The van der Waals surface area contributed by atoms with Crippen molar-refractivity contribution in [2.24, 2.45) is 0 Å². The van der Waals surface area contributed by atoms with Gasteiger partial charge in [-0.1, -0.05) is 11.6 Å². The summed E-state index contributed by atoms with van der Waals surface area (Å²) in [6.45, 7) is 1.57. The van der Waals surface area contributed by atoms with Crippen LogP contribution in [0.1, 0.15) is 0 Å².